The van der Waals surface area contributed by atoms with Gasteiger partial charge in [0.25, 0.3) is 11.4 Å². The van der Waals surface area contributed by atoms with Gasteiger partial charge in [-0.15, -0.1) is 0 Å². The van der Waals surface area contributed by atoms with Gasteiger partial charge in [0.15, 0.2) is 0 Å². The van der Waals surface area contributed by atoms with Gasteiger partial charge in [-0.1, -0.05) is 23.2 Å². The summed E-state index contributed by atoms with van der Waals surface area (Å²) in [5, 5.41) is 35.1. The molecule has 0 radical (unpaired) electrons. The van der Waals surface area contributed by atoms with Crippen molar-refractivity contribution in [2.45, 2.75) is 0 Å². The van der Waals surface area contributed by atoms with Crippen LogP contribution < -0.4 is 0 Å². The van der Waals surface area contributed by atoms with Crippen LogP contribution in [0.25, 0.3) is 0 Å². The molecular weight excluding hydrogens is 435 g/mol. The van der Waals surface area contributed by atoms with Crippen molar-refractivity contribution < 1.29 is 9.85 Å². The van der Waals surface area contributed by atoms with Crippen LogP contribution in [-0.2, 0) is 0 Å². The number of halogens is 2. The number of piperazine rings is 1. The number of hydrazone groups is 2. The standard InChI is InChI=1S/C18H16Cl2N6O4/c19-15-1-3-17(25(27)28)13(9-15)11-21-23-5-7-24(8-6-23)22-12-14-10-16(20)2-4-18(14)26(29)30/h1-4,9-12H,5-8H2. The highest BCUT2D eigenvalue weighted by Gasteiger charge is 2.17. The Morgan fingerprint density at radius 2 is 1.13 bits per heavy atom. The lowest BCUT2D eigenvalue weighted by atomic mass is 10.2. The Morgan fingerprint density at radius 3 is 1.47 bits per heavy atom. The van der Waals surface area contributed by atoms with Crippen molar-refractivity contribution in [1.29, 1.82) is 0 Å². The summed E-state index contributed by atoms with van der Waals surface area (Å²) in [7, 11) is 0. The molecular formula is C18H16Cl2N6O4. The molecule has 156 valence electrons. The summed E-state index contributed by atoms with van der Waals surface area (Å²) in [4.78, 5) is 21.3. The molecule has 0 aromatic heterocycles. The van der Waals surface area contributed by atoms with Crippen molar-refractivity contribution in [3.8, 4) is 0 Å². The molecule has 2 aromatic carbocycles. The zero-order valence-corrected chi connectivity index (χ0v) is 17.0. The van der Waals surface area contributed by atoms with Crippen LogP contribution in [0.4, 0.5) is 11.4 Å². The monoisotopic (exact) mass is 450 g/mol. The number of benzene rings is 2. The molecule has 0 amide bonds. The van der Waals surface area contributed by atoms with Crippen molar-refractivity contribution >= 4 is 47.0 Å². The number of hydrogen-bond acceptors (Lipinski definition) is 8. The van der Waals surface area contributed by atoms with Crippen molar-refractivity contribution in [3.05, 3.63) is 77.8 Å². The second-order valence-electron chi connectivity index (χ2n) is 6.32. The summed E-state index contributed by atoms with van der Waals surface area (Å²) in [6, 6.07) is 8.57. The fraction of sp³-hybridized carbons (Fsp3) is 0.222. The van der Waals surface area contributed by atoms with E-state index in [1.165, 1.54) is 48.8 Å². The SMILES string of the molecule is O=[N+]([O-])c1ccc(Cl)cc1C=NN1CCN(N=Cc2cc(Cl)ccc2[N+](=O)[O-])CC1. The highest BCUT2D eigenvalue weighted by atomic mass is 35.5. The fourth-order valence-corrected chi connectivity index (χ4v) is 3.16. The number of rotatable bonds is 6. The van der Waals surface area contributed by atoms with E-state index in [4.69, 9.17) is 23.2 Å². The zero-order valence-electron chi connectivity index (χ0n) is 15.5. The molecule has 0 bridgehead atoms. The van der Waals surface area contributed by atoms with Crippen molar-refractivity contribution in [2.24, 2.45) is 10.2 Å². The van der Waals surface area contributed by atoms with Gasteiger partial charge >= 0.3 is 0 Å². The molecule has 1 heterocycles. The molecule has 0 saturated carbocycles. The third-order valence-electron chi connectivity index (χ3n) is 4.33. The number of nitro groups is 2. The lowest BCUT2D eigenvalue weighted by molar-refractivity contribution is -0.385. The minimum atomic E-state index is -0.487. The van der Waals surface area contributed by atoms with Crippen LogP contribution in [0, 0.1) is 20.2 Å². The molecule has 30 heavy (non-hydrogen) atoms. The van der Waals surface area contributed by atoms with Crippen molar-refractivity contribution in [2.75, 3.05) is 26.2 Å². The van der Waals surface area contributed by atoms with E-state index in [1.54, 1.807) is 10.0 Å². The molecule has 3 rings (SSSR count). The highest BCUT2D eigenvalue weighted by Crippen LogP contribution is 2.22. The maximum atomic E-state index is 11.1. The van der Waals surface area contributed by atoms with Gasteiger partial charge in [0.05, 0.1) is 59.6 Å². The first-order valence-electron chi connectivity index (χ1n) is 8.79. The van der Waals surface area contributed by atoms with Crippen LogP contribution in [0.2, 0.25) is 10.0 Å². The second kappa shape index (κ2) is 9.51. The summed E-state index contributed by atoms with van der Waals surface area (Å²) in [6.45, 7) is 2.11. The maximum Gasteiger partial charge on any atom is 0.278 e. The normalized spacial score (nSPS) is 14.6. The Morgan fingerprint density at radius 1 is 0.767 bits per heavy atom. The lowest BCUT2D eigenvalue weighted by Crippen LogP contribution is -2.41. The predicted molar refractivity (Wildman–Crippen MR) is 115 cm³/mol. The first-order chi connectivity index (χ1) is 14.3. The van der Waals surface area contributed by atoms with Gasteiger partial charge in [-0.3, -0.25) is 30.2 Å². The minimum Gasteiger partial charge on any atom is -0.293 e. The number of hydrogen-bond donors (Lipinski definition) is 0. The van der Waals surface area contributed by atoms with E-state index in [0.717, 1.165) is 0 Å². The molecule has 1 fully saturated rings. The summed E-state index contributed by atoms with van der Waals surface area (Å²) in [6.07, 6.45) is 2.83. The molecule has 10 nitrogen and oxygen atoms in total. The van der Waals surface area contributed by atoms with Crippen LogP contribution >= 0.6 is 23.2 Å². The number of nitrogens with zero attached hydrogens (tertiary/aromatic N) is 6. The average Bonchev–Trinajstić information content (AvgIpc) is 2.71. The summed E-state index contributed by atoms with van der Waals surface area (Å²) >= 11 is 11.8. The van der Waals surface area contributed by atoms with Crippen LogP contribution in [-0.4, -0.2) is 58.5 Å². The van der Waals surface area contributed by atoms with E-state index in [2.05, 4.69) is 10.2 Å². The van der Waals surface area contributed by atoms with E-state index in [9.17, 15) is 20.2 Å². The highest BCUT2D eigenvalue weighted by molar-refractivity contribution is 6.31. The Kier molecular flexibility index (Phi) is 6.80. The maximum absolute atomic E-state index is 11.1. The number of nitro benzene ring substituents is 2. The molecule has 12 heteroatoms. The molecule has 1 aliphatic heterocycles. The van der Waals surface area contributed by atoms with Crippen LogP contribution in [0.15, 0.2) is 46.6 Å². The first kappa shape index (κ1) is 21.5. The largest absolute Gasteiger partial charge is 0.293 e. The van der Waals surface area contributed by atoms with Gasteiger partial charge < -0.3 is 0 Å². The molecule has 0 aliphatic carbocycles. The Labute approximate surface area is 181 Å². The lowest BCUT2D eigenvalue weighted by Gasteiger charge is -2.31. The summed E-state index contributed by atoms with van der Waals surface area (Å²) in [5.41, 5.74) is 0.492. The van der Waals surface area contributed by atoms with Crippen molar-refractivity contribution in [3.63, 3.8) is 0 Å². The summed E-state index contributed by atoms with van der Waals surface area (Å²) in [5.74, 6) is 0. The second-order valence-corrected chi connectivity index (χ2v) is 7.19. The first-order valence-corrected chi connectivity index (χ1v) is 9.55. The molecule has 0 N–H and O–H groups in total. The van der Waals surface area contributed by atoms with Gasteiger partial charge in [0, 0.05) is 22.2 Å². The Balaban J connectivity index is 1.62. The molecule has 0 unspecified atom stereocenters. The van der Waals surface area contributed by atoms with Crippen LogP contribution in [0.5, 0.6) is 0 Å². The van der Waals surface area contributed by atoms with E-state index in [-0.39, 0.29) is 11.4 Å². The molecule has 1 saturated heterocycles. The fourth-order valence-electron chi connectivity index (χ4n) is 2.79. The quantitative estimate of drug-likeness (QED) is 0.375. The zero-order chi connectivity index (χ0) is 21.7. The smallest absolute Gasteiger partial charge is 0.278 e. The van der Waals surface area contributed by atoms with Gasteiger partial charge in [-0.05, 0) is 24.3 Å². The van der Waals surface area contributed by atoms with E-state index in [1.807, 2.05) is 0 Å². The van der Waals surface area contributed by atoms with Gasteiger partial charge in [0.1, 0.15) is 0 Å². The van der Waals surface area contributed by atoms with Crippen LogP contribution in [0.1, 0.15) is 11.1 Å². The molecule has 0 spiro atoms. The Bertz CT molecular complexity index is 940. The minimum absolute atomic E-state index is 0.0745. The van der Waals surface area contributed by atoms with Crippen molar-refractivity contribution in [1.82, 2.24) is 10.0 Å². The molecule has 1 aliphatic rings. The van der Waals surface area contributed by atoms with E-state index < -0.39 is 9.85 Å². The van der Waals surface area contributed by atoms with Gasteiger partial charge in [-0.25, -0.2) is 0 Å². The van der Waals surface area contributed by atoms with Gasteiger partial charge in [-0.2, -0.15) is 10.2 Å². The topological polar surface area (TPSA) is 117 Å². The molecule has 2 aromatic rings. The summed E-state index contributed by atoms with van der Waals surface area (Å²) < 4.78 is 0. The van der Waals surface area contributed by atoms with E-state index >= 15 is 0 Å². The van der Waals surface area contributed by atoms with Gasteiger partial charge in [0.2, 0.25) is 0 Å². The third-order valence-corrected chi connectivity index (χ3v) is 4.80. The predicted octanol–water partition coefficient (Wildman–Crippen LogP) is 3.80. The Hall–Kier alpha value is -3.24. The average molecular weight is 451 g/mol. The third kappa shape index (κ3) is 5.43. The molecule has 0 atom stereocenters. The van der Waals surface area contributed by atoms with E-state index in [0.29, 0.717) is 47.4 Å². The van der Waals surface area contributed by atoms with Crippen LogP contribution in [0.3, 0.4) is 0 Å².